The number of nitrogens with zero attached hydrogens (tertiary/aromatic N) is 4. The van der Waals surface area contributed by atoms with Gasteiger partial charge in [-0.3, -0.25) is 4.79 Å². The van der Waals surface area contributed by atoms with Crippen molar-refractivity contribution in [3.63, 3.8) is 0 Å². The molecular weight excluding hydrogens is 346 g/mol. The van der Waals surface area contributed by atoms with Gasteiger partial charge in [-0.2, -0.15) is 5.26 Å². The maximum atomic E-state index is 12.4. The third-order valence-corrected chi connectivity index (χ3v) is 6.08. The van der Waals surface area contributed by atoms with Gasteiger partial charge in [0.15, 0.2) is 5.65 Å². The fraction of sp³-hybridized carbons (Fsp3) is 0.556. The Hall–Kier alpha value is -2.24. The van der Waals surface area contributed by atoms with Crippen LogP contribution in [0.4, 0.5) is 0 Å². The van der Waals surface area contributed by atoms with Crippen LogP contribution in [0, 0.1) is 11.3 Å². The minimum absolute atomic E-state index is 0.0338. The van der Waals surface area contributed by atoms with Crippen LogP contribution in [0.5, 0.6) is 0 Å². The molecule has 2 aromatic heterocycles. The predicted octanol–water partition coefficient (Wildman–Crippen LogP) is 2.87. The van der Waals surface area contributed by atoms with Gasteiger partial charge in [0.1, 0.15) is 18.8 Å². The SMILES string of the molecule is C[Si](C)(C)CCOCn1cc(C(=O)NCC#N)c2nc(C3CC3)cnc21. The molecule has 0 radical (unpaired) electrons. The highest BCUT2D eigenvalue weighted by molar-refractivity contribution is 6.76. The van der Waals surface area contributed by atoms with Crippen LogP contribution >= 0.6 is 0 Å². The summed E-state index contributed by atoms with van der Waals surface area (Å²) < 4.78 is 7.64. The average Bonchev–Trinajstić information content (AvgIpc) is 3.38. The smallest absolute Gasteiger partial charge is 0.255 e. The van der Waals surface area contributed by atoms with Crippen molar-refractivity contribution in [3.8, 4) is 6.07 Å². The van der Waals surface area contributed by atoms with E-state index in [0.717, 1.165) is 24.6 Å². The summed E-state index contributed by atoms with van der Waals surface area (Å²) in [7, 11) is -1.15. The predicted molar refractivity (Wildman–Crippen MR) is 102 cm³/mol. The molecule has 2 aromatic rings. The van der Waals surface area contributed by atoms with E-state index in [1.54, 1.807) is 12.4 Å². The Morgan fingerprint density at radius 1 is 1.46 bits per heavy atom. The van der Waals surface area contributed by atoms with E-state index >= 15 is 0 Å². The monoisotopic (exact) mass is 371 g/mol. The van der Waals surface area contributed by atoms with Gasteiger partial charge < -0.3 is 14.6 Å². The van der Waals surface area contributed by atoms with E-state index in [0.29, 0.717) is 36.0 Å². The van der Waals surface area contributed by atoms with Crippen LogP contribution in [0.1, 0.15) is 34.8 Å². The normalized spacial score (nSPS) is 14.4. The number of hydrogen-bond donors (Lipinski definition) is 1. The van der Waals surface area contributed by atoms with E-state index < -0.39 is 8.07 Å². The van der Waals surface area contributed by atoms with Crippen LogP contribution in [0.25, 0.3) is 11.2 Å². The molecule has 7 nitrogen and oxygen atoms in total. The summed E-state index contributed by atoms with van der Waals surface area (Å²) in [5.74, 6) is 0.151. The van der Waals surface area contributed by atoms with Crippen LogP contribution in [0.3, 0.4) is 0 Å². The zero-order chi connectivity index (χ0) is 18.7. The lowest BCUT2D eigenvalue weighted by Gasteiger charge is -2.15. The number of nitrogens with one attached hydrogen (secondary N) is 1. The molecule has 0 atom stereocenters. The van der Waals surface area contributed by atoms with E-state index in [-0.39, 0.29) is 12.5 Å². The molecule has 0 spiro atoms. The van der Waals surface area contributed by atoms with E-state index in [2.05, 4.69) is 34.9 Å². The summed E-state index contributed by atoms with van der Waals surface area (Å²) in [4.78, 5) is 21.6. The van der Waals surface area contributed by atoms with Gasteiger partial charge in [-0.05, 0) is 18.9 Å². The Kier molecular flexibility index (Phi) is 5.39. The fourth-order valence-corrected chi connectivity index (χ4v) is 3.42. The van der Waals surface area contributed by atoms with Crippen LogP contribution in [-0.4, -0.2) is 41.7 Å². The molecular formula is C18H25N5O2Si. The van der Waals surface area contributed by atoms with Crippen LogP contribution < -0.4 is 5.32 Å². The number of carbonyl (C=O) groups is 1. The Balaban J connectivity index is 1.83. The maximum absolute atomic E-state index is 12.4. The standard InChI is InChI=1S/C18H25N5O2Si/c1-26(2,3)9-8-25-12-23-11-14(18(24)20-7-6-19)16-17(23)21-10-15(22-16)13-4-5-13/h10-11,13H,4-5,7-9,12H2,1-3H3,(H,20,24). The van der Waals surface area contributed by atoms with E-state index in [9.17, 15) is 4.79 Å². The zero-order valence-electron chi connectivity index (χ0n) is 15.6. The molecule has 2 heterocycles. The Morgan fingerprint density at radius 2 is 2.23 bits per heavy atom. The Bertz CT molecular complexity index is 846. The highest BCUT2D eigenvalue weighted by atomic mass is 28.3. The van der Waals surface area contributed by atoms with Crippen molar-refractivity contribution in [1.82, 2.24) is 19.9 Å². The second-order valence-corrected chi connectivity index (χ2v) is 13.6. The molecule has 0 unspecified atom stereocenters. The summed E-state index contributed by atoms with van der Waals surface area (Å²) in [5.41, 5.74) is 2.60. The summed E-state index contributed by atoms with van der Waals surface area (Å²) in [5, 5.41) is 11.3. The molecule has 1 aliphatic rings. The molecule has 0 aliphatic heterocycles. The molecule has 0 saturated heterocycles. The molecule has 138 valence electrons. The number of ether oxygens (including phenoxy) is 1. The lowest BCUT2D eigenvalue weighted by Crippen LogP contribution is -2.23. The van der Waals surface area contributed by atoms with Crippen molar-refractivity contribution in [2.75, 3.05) is 13.2 Å². The van der Waals surface area contributed by atoms with Crippen LogP contribution in [-0.2, 0) is 11.5 Å². The third-order valence-electron chi connectivity index (χ3n) is 4.38. The van der Waals surface area contributed by atoms with Gasteiger partial charge in [0, 0.05) is 26.8 Å². The van der Waals surface area contributed by atoms with E-state index in [4.69, 9.17) is 10.00 Å². The molecule has 0 aromatic carbocycles. The lowest BCUT2D eigenvalue weighted by molar-refractivity contribution is 0.0892. The fourth-order valence-electron chi connectivity index (χ4n) is 2.66. The number of carbonyl (C=O) groups excluding carboxylic acids is 1. The highest BCUT2D eigenvalue weighted by Crippen LogP contribution is 2.39. The number of hydrogen-bond acceptors (Lipinski definition) is 5. The lowest BCUT2D eigenvalue weighted by atomic mass is 10.2. The van der Waals surface area contributed by atoms with Crippen molar-refractivity contribution in [3.05, 3.63) is 23.7 Å². The van der Waals surface area contributed by atoms with Crippen LogP contribution in [0.2, 0.25) is 25.7 Å². The molecule has 8 heteroatoms. The second kappa shape index (κ2) is 7.56. The minimum atomic E-state index is -1.15. The third kappa shape index (κ3) is 4.48. The number of rotatable bonds is 8. The van der Waals surface area contributed by atoms with Crippen molar-refractivity contribution in [2.24, 2.45) is 0 Å². The Morgan fingerprint density at radius 3 is 2.88 bits per heavy atom. The molecule has 1 amide bonds. The van der Waals surface area contributed by atoms with Crippen LogP contribution in [0.15, 0.2) is 12.4 Å². The first-order chi connectivity index (χ1) is 12.4. The minimum Gasteiger partial charge on any atom is -0.361 e. The summed E-state index contributed by atoms with van der Waals surface area (Å²) in [6.07, 6.45) is 5.77. The van der Waals surface area contributed by atoms with Gasteiger partial charge in [-0.25, -0.2) is 9.97 Å². The largest absolute Gasteiger partial charge is 0.361 e. The number of aromatic nitrogens is 3. The quantitative estimate of drug-likeness (QED) is 0.437. The number of amides is 1. The molecule has 1 N–H and O–H groups in total. The topological polar surface area (TPSA) is 92.8 Å². The van der Waals surface area contributed by atoms with Gasteiger partial charge in [-0.1, -0.05) is 19.6 Å². The van der Waals surface area contributed by atoms with Crippen molar-refractivity contribution < 1.29 is 9.53 Å². The Labute approximate surface area is 154 Å². The van der Waals surface area contributed by atoms with E-state index in [1.807, 2.05) is 10.6 Å². The van der Waals surface area contributed by atoms with Gasteiger partial charge in [0.25, 0.3) is 5.91 Å². The molecule has 1 fully saturated rings. The molecule has 3 rings (SSSR count). The summed E-state index contributed by atoms with van der Waals surface area (Å²) in [6, 6.07) is 3.01. The summed E-state index contributed by atoms with van der Waals surface area (Å²) >= 11 is 0. The van der Waals surface area contributed by atoms with Gasteiger partial charge >= 0.3 is 0 Å². The highest BCUT2D eigenvalue weighted by Gasteiger charge is 2.27. The van der Waals surface area contributed by atoms with Gasteiger partial charge in [0.2, 0.25) is 0 Å². The molecule has 1 aliphatic carbocycles. The second-order valence-electron chi connectivity index (χ2n) is 7.94. The van der Waals surface area contributed by atoms with Crippen molar-refractivity contribution >= 4 is 25.1 Å². The number of fused-ring (bicyclic) bond motifs is 1. The first kappa shape index (κ1) is 18.5. The van der Waals surface area contributed by atoms with E-state index in [1.165, 1.54) is 0 Å². The first-order valence-electron chi connectivity index (χ1n) is 8.98. The van der Waals surface area contributed by atoms with Gasteiger partial charge in [0.05, 0.1) is 23.5 Å². The van der Waals surface area contributed by atoms with Crippen molar-refractivity contribution in [1.29, 1.82) is 5.26 Å². The first-order valence-corrected chi connectivity index (χ1v) is 12.7. The number of nitriles is 1. The molecule has 1 saturated carbocycles. The maximum Gasteiger partial charge on any atom is 0.255 e. The molecule has 26 heavy (non-hydrogen) atoms. The zero-order valence-corrected chi connectivity index (χ0v) is 16.6. The van der Waals surface area contributed by atoms with Crippen molar-refractivity contribution in [2.45, 2.75) is 51.2 Å². The average molecular weight is 372 g/mol. The summed E-state index contributed by atoms with van der Waals surface area (Å²) in [6.45, 7) is 7.93. The van der Waals surface area contributed by atoms with Gasteiger partial charge in [-0.15, -0.1) is 0 Å². The molecule has 0 bridgehead atoms.